The minimum absolute atomic E-state index is 0.363. The third-order valence-electron chi connectivity index (χ3n) is 6.99. The normalized spacial score (nSPS) is 30.9. The van der Waals surface area contributed by atoms with Crippen molar-refractivity contribution in [3.63, 3.8) is 0 Å². The first-order valence-corrected chi connectivity index (χ1v) is 10.1. The van der Waals surface area contributed by atoms with Crippen molar-refractivity contribution in [1.29, 1.82) is 0 Å². The Morgan fingerprint density at radius 2 is 1.78 bits per heavy atom. The van der Waals surface area contributed by atoms with Gasteiger partial charge in [-0.05, 0) is 91.5 Å². The predicted molar refractivity (Wildman–Crippen MR) is 105 cm³/mol. The standard InChI is InChI=1S/C23H26N2O2/c1-27-22(26)20-6-3-7-24-21(20)25-19-5-2-4-18(11-19)23-12-15-8-16(13-23)10-17(9-15)14-23/h2-7,11,15-17H,8-10,12-14H2,1H3,(H,24,25). The van der Waals surface area contributed by atoms with Gasteiger partial charge in [-0.2, -0.15) is 0 Å². The molecule has 4 aliphatic carbocycles. The van der Waals surface area contributed by atoms with Crippen molar-refractivity contribution < 1.29 is 9.53 Å². The minimum Gasteiger partial charge on any atom is -0.465 e. The lowest BCUT2D eigenvalue weighted by Gasteiger charge is -2.57. The summed E-state index contributed by atoms with van der Waals surface area (Å²) in [5.41, 5.74) is 3.27. The zero-order valence-electron chi connectivity index (χ0n) is 15.8. The number of carbonyl (C=O) groups is 1. The van der Waals surface area contributed by atoms with Crippen molar-refractivity contribution in [2.45, 2.75) is 43.9 Å². The second-order valence-corrected chi connectivity index (χ2v) is 8.79. The fourth-order valence-corrected chi connectivity index (χ4v) is 6.31. The van der Waals surface area contributed by atoms with E-state index in [2.05, 4.69) is 34.6 Å². The molecule has 4 heteroatoms. The lowest BCUT2D eigenvalue weighted by molar-refractivity contribution is -0.00516. The van der Waals surface area contributed by atoms with Crippen LogP contribution < -0.4 is 5.32 Å². The number of carbonyl (C=O) groups excluding carboxylic acids is 1. The Balaban J connectivity index is 1.45. The topological polar surface area (TPSA) is 51.2 Å². The van der Waals surface area contributed by atoms with Gasteiger partial charge in [0.05, 0.1) is 7.11 Å². The van der Waals surface area contributed by atoms with Crippen molar-refractivity contribution in [3.8, 4) is 0 Å². The summed E-state index contributed by atoms with van der Waals surface area (Å²) in [7, 11) is 1.40. The van der Waals surface area contributed by atoms with Gasteiger partial charge in [-0.25, -0.2) is 9.78 Å². The van der Waals surface area contributed by atoms with Gasteiger partial charge in [-0.3, -0.25) is 0 Å². The molecule has 4 nitrogen and oxygen atoms in total. The van der Waals surface area contributed by atoms with Gasteiger partial charge in [0.15, 0.2) is 0 Å². The number of aromatic nitrogens is 1. The van der Waals surface area contributed by atoms with Crippen LogP contribution in [0.1, 0.15) is 54.4 Å². The van der Waals surface area contributed by atoms with Crippen LogP contribution in [-0.2, 0) is 10.2 Å². The molecule has 0 atom stereocenters. The Bertz CT molecular complexity index is 841. The molecule has 4 saturated carbocycles. The summed E-state index contributed by atoms with van der Waals surface area (Å²) in [6, 6.07) is 12.3. The van der Waals surface area contributed by atoms with E-state index in [1.54, 1.807) is 18.3 Å². The highest BCUT2D eigenvalue weighted by atomic mass is 16.5. The molecule has 140 valence electrons. The summed E-state index contributed by atoms with van der Waals surface area (Å²) in [5, 5.41) is 3.35. The Hall–Kier alpha value is -2.36. The van der Waals surface area contributed by atoms with Gasteiger partial charge in [-0.15, -0.1) is 0 Å². The largest absolute Gasteiger partial charge is 0.465 e. The maximum absolute atomic E-state index is 12.0. The van der Waals surface area contributed by atoms with Crippen molar-refractivity contribution in [2.75, 3.05) is 12.4 Å². The molecule has 1 N–H and O–H groups in total. The van der Waals surface area contributed by atoms with E-state index in [1.807, 2.05) is 0 Å². The summed E-state index contributed by atoms with van der Waals surface area (Å²) in [6.45, 7) is 0. The first-order chi connectivity index (χ1) is 13.1. The van der Waals surface area contributed by atoms with E-state index in [0.717, 1.165) is 23.4 Å². The summed E-state index contributed by atoms with van der Waals surface area (Å²) >= 11 is 0. The minimum atomic E-state index is -0.372. The number of anilines is 2. The number of rotatable bonds is 4. The van der Waals surface area contributed by atoms with Gasteiger partial charge in [0.1, 0.15) is 11.4 Å². The van der Waals surface area contributed by atoms with Crippen LogP contribution in [0, 0.1) is 17.8 Å². The molecule has 1 aromatic carbocycles. The number of hydrogen-bond donors (Lipinski definition) is 1. The van der Waals surface area contributed by atoms with E-state index in [1.165, 1.54) is 51.2 Å². The molecule has 0 radical (unpaired) electrons. The van der Waals surface area contributed by atoms with Crippen LogP contribution in [0.5, 0.6) is 0 Å². The van der Waals surface area contributed by atoms with Crippen LogP contribution in [0.2, 0.25) is 0 Å². The second kappa shape index (κ2) is 6.36. The summed E-state index contributed by atoms with van der Waals surface area (Å²) in [5.74, 6) is 2.95. The Kier molecular flexibility index (Phi) is 3.96. The zero-order chi connectivity index (χ0) is 18.4. The van der Waals surface area contributed by atoms with Crippen molar-refractivity contribution in [3.05, 3.63) is 53.7 Å². The van der Waals surface area contributed by atoms with Crippen LogP contribution in [0.25, 0.3) is 0 Å². The Labute approximate surface area is 160 Å². The molecular formula is C23H26N2O2. The molecule has 0 amide bonds. The molecule has 0 spiro atoms. The number of esters is 1. The first kappa shape index (κ1) is 16.8. The molecular weight excluding hydrogens is 336 g/mol. The summed E-state index contributed by atoms with van der Waals surface area (Å²) in [4.78, 5) is 16.4. The number of nitrogens with zero attached hydrogens (tertiary/aromatic N) is 1. The third-order valence-corrected chi connectivity index (χ3v) is 6.99. The van der Waals surface area contributed by atoms with Crippen molar-refractivity contribution in [2.24, 2.45) is 17.8 Å². The highest BCUT2D eigenvalue weighted by molar-refractivity contribution is 5.95. The van der Waals surface area contributed by atoms with E-state index < -0.39 is 0 Å². The number of hydrogen-bond acceptors (Lipinski definition) is 4. The van der Waals surface area contributed by atoms with Gasteiger partial charge in [0.2, 0.25) is 0 Å². The van der Waals surface area contributed by atoms with Crippen LogP contribution in [0.4, 0.5) is 11.5 Å². The quantitative estimate of drug-likeness (QED) is 0.771. The van der Waals surface area contributed by atoms with Gasteiger partial charge in [0.25, 0.3) is 0 Å². The SMILES string of the molecule is COC(=O)c1cccnc1Nc1cccc(C23CC4CC(CC(C4)C2)C3)c1. The molecule has 2 aromatic rings. The molecule has 4 fully saturated rings. The maximum Gasteiger partial charge on any atom is 0.341 e. The van der Waals surface area contributed by atoms with Gasteiger partial charge in [0, 0.05) is 11.9 Å². The molecule has 4 bridgehead atoms. The number of pyridine rings is 1. The second-order valence-electron chi connectivity index (χ2n) is 8.79. The van der Waals surface area contributed by atoms with E-state index in [4.69, 9.17) is 4.74 Å². The smallest absolute Gasteiger partial charge is 0.341 e. The molecule has 1 heterocycles. The van der Waals surface area contributed by atoms with E-state index in [-0.39, 0.29) is 5.97 Å². The fourth-order valence-electron chi connectivity index (χ4n) is 6.31. The van der Waals surface area contributed by atoms with Crippen LogP contribution in [0.15, 0.2) is 42.6 Å². The first-order valence-electron chi connectivity index (χ1n) is 10.1. The van der Waals surface area contributed by atoms with Gasteiger partial charge in [-0.1, -0.05) is 12.1 Å². The van der Waals surface area contributed by atoms with Crippen LogP contribution in [-0.4, -0.2) is 18.1 Å². The summed E-state index contributed by atoms with van der Waals surface area (Å²) in [6.07, 6.45) is 10.1. The average molecular weight is 362 g/mol. The molecule has 1 aromatic heterocycles. The number of ether oxygens (including phenoxy) is 1. The van der Waals surface area contributed by atoms with Gasteiger partial charge < -0.3 is 10.1 Å². The van der Waals surface area contributed by atoms with Crippen LogP contribution >= 0.6 is 0 Å². The Morgan fingerprint density at radius 1 is 1.07 bits per heavy atom. The highest BCUT2D eigenvalue weighted by Gasteiger charge is 2.51. The number of benzene rings is 1. The monoisotopic (exact) mass is 362 g/mol. The van der Waals surface area contributed by atoms with Crippen molar-refractivity contribution >= 4 is 17.5 Å². The van der Waals surface area contributed by atoms with E-state index >= 15 is 0 Å². The molecule has 4 aliphatic rings. The lowest BCUT2D eigenvalue weighted by atomic mass is 9.48. The fraction of sp³-hybridized carbons (Fsp3) is 0.478. The van der Waals surface area contributed by atoms with Crippen molar-refractivity contribution in [1.82, 2.24) is 4.98 Å². The van der Waals surface area contributed by atoms with E-state index in [0.29, 0.717) is 16.8 Å². The predicted octanol–water partition coefficient (Wildman–Crippen LogP) is 5.08. The lowest BCUT2D eigenvalue weighted by Crippen LogP contribution is -2.48. The third kappa shape index (κ3) is 2.91. The number of nitrogens with one attached hydrogen (secondary N) is 1. The molecule has 6 rings (SSSR count). The molecule has 0 aliphatic heterocycles. The molecule has 27 heavy (non-hydrogen) atoms. The van der Waals surface area contributed by atoms with E-state index in [9.17, 15) is 4.79 Å². The average Bonchev–Trinajstić information content (AvgIpc) is 2.67. The highest BCUT2D eigenvalue weighted by Crippen LogP contribution is 2.60. The summed E-state index contributed by atoms with van der Waals surface area (Å²) < 4.78 is 4.88. The van der Waals surface area contributed by atoms with Crippen LogP contribution in [0.3, 0.4) is 0 Å². The van der Waals surface area contributed by atoms with Gasteiger partial charge >= 0.3 is 5.97 Å². The zero-order valence-corrected chi connectivity index (χ0v) is 15.8. The molecule has 0 unspecified atom stereocenters. The molecule has 0 saturated heterocycles. The number of methoxy groups -OCH3 is 1. The Morgan fingerprint density at radius 3 is 2.44 bits per heavy atom. The maximum atomic E-state index is 12.0.